The Morgan fingerprint density at radius 2 is 1.76 bits per heavy atom. The van der Waals surface area contributed by atoms with E-state index in [1.807, 2.05) is 0 Å². The van der Waals surface area contributed by atoms with E-state index < -0.39 is 5.82 Å². The van der Waals surface area contributed by atoms with Gasteiger partial charge in [0.2, 0.25) is 0 Å². The molecule has 5 heterocycles. The lowest BCUT2D eigenvalue weighted by Crippen LogP contribution is -2.51. The minimum absolute atomic E-state index is 0.0949. The number of benzene rings is 3. The van der Waals surface area contributed by atoms with E-state index in [0.717, 1.165) is 99.5 Å². The normalized spacial score (nSPS) is 28.1. The number of anilines is 1. The number of fused-ring (bicyclic) bond motifs is 5. The van der Waals surface area contributed by atoms with Gasteiger partial charge in [0, 0.05) is 71.8 Å². The van der Waals surface area contributed by atoms with Crippen LogP contribution < -0.4 is 15.0 Å². The van der Waals surface area contributed by atoms with Crippen molar-refractivity contribution >= 4 is 27.5 Å². The van der Waals surface area contributed by atoms with E-state index in [9.17, 15) is 5.11 Å². The van der Waals surface area contributed by atoms with Crippen molar-refractivity contribution in [2.45, 2.75) is 71.4 Å². The first-order chi connectivity index (χ1) is 24.5. The molecule has 9 rings (SSSR count). The van der Waals surface area contributed by atoms with E-state index in [4.69, 9.17) is 25.9 Å². The Labute approximate surface area is 299 Å². The van der Waals surface area contributed by atoms with E-state index in [1.165, 1.54) is 6.07 Å². The van der Waals surface area contributed by atoms with Crippen LogP contribution in [0.15, 0.2) is 36.4 Å². The molecule has 8 nitrogen and oxygen atoms in total. The number of nitrogens with zero attached hydrogens (tertiary/aromatic N) is 4. The molecule has 266 valence electrons. The first kappa shape index (κ1) is 32.9. The molecular weight excluding hydrogens is 641 g/mol. The minimum atomic E-state index is -0.458. The Balaban J connectivity index is 1.12. The second-order valence-corrected chi connectivity index (χ2v) is 17.2. The van der Waals surface area contributed by atoms with Crippen molar-refractivity contribution in [3.63, 3.8) is 0 Å². The van der Waals surface area contributed by atoms with E-state index in [1.54, 1.807) is 18.2 Å². The summed E-state index contributed by atoms with van der Waals surface area (Å²) in [5.41, 5.74) is 4.04. The lowest BCUT2D eigenvalue weighted by Gasteiger charge is -2.34. The van der Waals surface area contributed by atoms with Gasteiger partial charge < -0.3 is 29.7 Å². The van der Waals surface area contributed by atoms with E-state index in [0.29, 0.717) is 41.0 Å². The third-order valence-electron chi connectivity index (χ3n) is 12.9. The van der Waals surface area contributed by atoms with Crippen LogP contribution in [0.2, 0.25) is 0 Å². The molecule has 0 amide bonds. The molecule has 0 spiro atoms. The summed E-state index contributed by atoms with van der Waals surface area (Å²) in [5.74, 6) is 3.23. The zero-order valence-electron chi connectivity index (χ0n) is 30.2. The highest BCUT2D eigenvalue weighted by Gasteiger charge is 2.57. The first-order valence-electron chi connectivity index (χ1n) is 18.7. The van der Waals surface area contributed by atoms with E-state index in [-0.39, 0.29) is 33.5 Å². The number of piperazine rings is 1. The van der Waals surface area contributed by atoms with Crippen molar-refractivity contribution in [3.8, 4) is 35.2 Å². The number of ether oxygens (including phenoxy) is 2. The van der Waals surface area contributed by atoms with Gasteiger partial charge in [0.05, 0.1) is 30.9 Å². The predicted octanol–water partition coefficient (Wildman–Crippen LogP) is 6.86. The van der Waals surface area contributed by atoms with Crippen LogP contribution in [0, 0.1) is 34.4 Å². The van der Waals surface area contributed by atoms with Gasteiger partial charge in [-0.05, 0) is 84.0 Å². The number of likely N-dealkylation sites (tertiary alicyclic amines) is 1. The van der Waals surface area contributed by atoms with Gasteiger partial charge in [0.15, 0.2) is 0 Å². The van der Waals surface area contributed by atoms with Crippen LogP contribution >= 0.6 is 0 Å². The number of phenolic OH excluding ortho intramolecular Hbond substituents is 1. The van der Waals surface area contributed by atoms with Crippen molar-refractivity contribution in [3.05, 3.63) is 53.3 Å². The highest BCUT2D eigenvalue weighted by atomic mass is 19.1. The zero-order valence-corrected chi connectivity index (χ0v) is 30.2. The van der Waals surface area contributed by atoms with Crippen molar-refractivity contribution in [2.75, 3.05) is 57.4 Å². The number of aromatic nitrogens is 2. The number of aromatic hydroxyl groups is 1. The van der Waals surface area contributed by atoms with Crippen LogP contribution in [-0.2, 0) is 4.74 Å². The van der Waals surface area contributed by atoms with Gasteiger partial charge in [-0.2, -0.15) is 9.97 Å². The third-order valence-corrected chi connectivity index (χ3v) is 12.9. The Hall–Kier alpha value is -3.97. The monoisotopic (exact) mass is 689 g/mol. The molecular formula is C42H48FN5O3. The maximum atomic E-state index is 15.2. The Morgan fingerprint density at radius 1 is 1.04 bits per heavy atom. The molecule has 2 N–H and O–H groups in total. The van der Waals surface area contributed by atoms with Gasteiger partial charge in [-0.15, -0.1) is 6.42 Å². The van der Waals surface area contributed by atoms with Gasteiger partial charge in [0.25, 0.3) is 0 Å². The van der Waals surface area contributed by atoms with Crippen LogP contribution in [-0.4, -0.2) is 84.6 Å². The number of terminal acetylenes is 1. The molecule has 4 atom stereocenters. The Morgan fingerprint density at radius 3 is 2.43 bits per heavy atom. The van der Waals surface area contributed by atoms with Gasteiger partial charge in [-0.1, -0.05) is 39.7 Å². The van der Waals surface area contributed by atoms with Crippen LogP contribution in [0.3, 0.4) is 0 Å². The molecule has 4 saturated heterocycles. The number of hydrogen-bond acceptors (Lipinski definition) is 8. The number of nitrogens with one attached hydrogen (secondary N) is 1. The molecule has 5 fully saturated rings. The quantitative estimate of drug-likeness (QED) is 0.194. The molecule has 2 bridgehead atoms. The van der Waals surface area contributed by atoms with Crippen molar-refractivity contribution in [1.82, 2.24) is 20.2 Å². The smallest absolute Gasteiger partial charge is 0.318 e. The van der Waals surface area contributed by atoms with Crippen LogP contribution in [0.25, 0.3) is 32.8 Å². The summed E-state index contributed by atoms with van der Waals surface area (Å²) in [4.78, 5) is 15.3. The summed E-state index contributed by atoms with van der Waals surface area (Å²) in [7, 11) is 0. The molecule has 4 aromatic rings. The number of rotatable bonds is 8. The van der Waals surface area contributed by atoms with Crippen molar-refractivity contribution in [1.29, 1.82) is 0 Å². The van der Waals surface area contributed by atoms with Crippen LogP contribution in [0.5, 0.6) is 11.8 Å². The minimum Gasteiger partial charge on any atom is -0.508 e. The average Bonchev–Trinajstić information content (AvgIpc) is 3.60. The zero-order chi connectivity index (χ0) is 35.3. The molecule has 51 heavy (non-hydrogen) atoms. The maximum absolute atomic E-state index is 15.2. The Bertz CT molecular complexity index is 2080. The molecule has 1 aromatic heterocycles. The SMILES string of the molecule is C#Cc1c(F)ccc2cc(O)cc(-c3cc4nc(OCC5(CN6C[C@]7(C)COC[C@]7(C)C6)CC5)nc(N5CC6CCC(C5)N6)c4cc3C(C)C)c12. The van der Waals surface area contributed by atoms with Gasteiger partial charge in [-0.25, -0.2) is 4.39 Å². The molecule has 1 aliphatic carbocycles. The summed E-state index contributed by atoms with van der Waals surface area (Å²) in [5, 5.41) is 16.9. The fourth-order valence-electron chi connectivity index (χ4n) is 9.61. The number of halogens is 1. The van der Waals surface area contributed by atoms with Crippen LogP contribution in [0.4, 0.5) is 10.2 Å². The second kappa shape index (κ2) is 11.8. The molecule has 1 saturated carbocycles. The summed E-state index contributed by atoms with van der Waals surface area (Å²) in [6, 6.07) is 11.9. The topological polar surface area (TPSA) is 83.0 Å². The lowest BCUT2D eigenvalue weighted by atomic mass is 9.71. The largest absolute Gasteiger partial charge is 0.508 e. The molecule has 9 heteroatoms. The fourth-order valence-corrected chi connectivity index (χ4v) is 9.61. The van der Waals surface area contributed by atoms with E-state index >= 15 is 4.39 Å². The standard InChI is InChI=1S/C42H48FN5O3/c1-6-30-35(43)10-7-26-13-29(49)14-33(37(26)30)32-16-36-34(15-31(32)25(2)3)38(48-17-27-8-9-28(18-48)44-27)46-39(45-36)51-24-42(11-12-42)21-47-19-40(4)22-50-23-41(40,5)20-47/h1,7,10,13-16,25,27-28,44,49H,8-9,11-12,17-24H2,2-5H3/t27?,28?,40-,41+. The van der Waals surface area contributed by atoms with Crippen molar-refractivity contribution < 1.29 is 19.0 Å². The number of hydrogen-bond donors (Lipinski definition) is 2. The summed E-state index contributed by atoms with van der Waals surface area (Å²) in [6.07, 6.45) is 10.5. The molecule has 3 aromatic carbocycles. The molecule has 0 radical (unpaired) electrons. The van der Waals surface area contributed by atoms with Gasteiger partial charge in [-0.3, -0.25) is 0 Å². The van der Waals surface area contributed by atoms with E-state index in [2.05, 4.69) is 60.9 Å². The fraction of sp³-hybridized carbons (Fsp3) is 0.524. The summed E-state index contributed by atoms with van der Waals surface area (Å²) >= 11 is 0. The second-order valence-electron chi connectivity index (χ2n) is 17.2. The Kier molecular flexibility index (Phi) is 7.60. The van der Waals surface area contributed by atoms with Gasteiger partial charge in [0.1, 0.15) is 17.4 Å². The highest BCUT2D eigenvalue weighted by Crippen LogP contribution is 2.54. The molecule has 2 unspecified atom stereocenters. The van der Waals surface area contributed by atoms with Gasteiger partial charge >= 0.3 is 6.01 Å². The first-order valence-corrected chi connectivity index (χ1v) is 18.7. The molecule has 5 aliphatic rings. The number of phenols is 1. The van der Waals surface area contributed by atoms with Crippen LogP contribution in [0.1, 0.15) is 70.4 Å². The predicted molar refractivity (Wildman–Crippen MR) is 199 cm³/mol. The molecule has 4 aliphatic heterocycles. The summed E-state index contributed by atoms with van der Waals surface area (Å²) in [6.45, 7) is 16.2. The third kappa shape index (κ3) is 5.53. The summed E-state index contributed by atoms with van der Waals surface area (Å²) < 4.78 is 27.7. The maximum Gasteiger partial charge on any atom is 0.318 e. The average molecular weight is 690 g/mol. The van der Waals surface area contributed by atoms with Crippen molar-refractivity contribution in [2.24, 2.45) is 16.2 Å². The highest BCUT2D eigenvalue weighted by molar-refractivity contribution is 6.04. The lowest BCUT2D eigenvalue weighted by molar-refractivity contribution is 0.112.